The Hall–Kier alpha value is -2.06. The van der Waals surface area contributed by atoms with Crippen LogP contribution in [0.2, 0.25) is 15.1 Å². The number of hydrogen-bond acceptors (Lipinski definition) is 5. The molecule has 160 valence electrons. The van der Waals surface area contributed by atoms with Gasteiger partial charge in [-0.25, -0.2) is 0 Å². The van der Waals surface area contributed by atoms with E-state index in [1.807, 2.05) is 0 Å². The van der Waals surface area contributed by atoms with Crippen molar-refractivity contribution in [1.29, 1.82) is 0 Å². The lowest BCUT2D eigenvalue weighted by molar-refractivity contribution is -0.384. The molecule has 1 aliphatic rings. The van der Waals surface area contributed by atoms with Crippen LogP contribution in [0.5, 0.6) is 5.75 Å². The number of benzene rings is 2. The highest BCUT2D eigenvalue weighted by Gasteiger charge is 2.21. The van der Waals surface area contributed by atoms with E-state index in [9.17, 15) is 14.9 Å². The SMILES string of the molecule is O=C(NCCN1CCC(Oc2ccc(Cl)c(Cl)c2)CC1)c1ccc(Cl)c([N+](=O)[O-])c1. The summed E-state index contributed by atoms with van der Waals surface area (Å²) in [5.41, 5.74) is -0.0757. The average Bonchev–Trinajstić information content (AvgIpc) is 2.72. The lowest BCUT2D eigenvalue weighted by atomic mass is 10.1. The minimum Gasteiger partial charge on any atom is -0.490 e. The molecule has 1 saturated heterocycles. The molecule has 0 aromatic heterocycles. The molecule has 30 heavy (non-hydrogen) atoms. The van der Waals surface area contributed by atoms with Gasteiger partial charge in [-0.2, -0.15) is 0 Å². The Morgan fingerprint density at radius 2 is 1.80 bits per heavy atom. The summed E-state index contributed by atoms with van der Waals surface area (Å²) in [6, 6.07) is 9.24. The van der Waals surface area contributed by atoms with Gasteiger partial charge in [0.15, 0.2) is 0 Å². The van der Waals surface area contributed by atoms with Crippen LogP contribution < -0.4 is 10.1 Å². The molecular weight excluding hydrogens is 453 g/mol. The molecular formula is C20H20Cl3N3O4. The number of piperidine rings is 1. The van der Waals surface area contributed by atoms with Crippen molar-refractivity contribution in [2.75, 3.05) is 26.2 Å². The lowest BCUT2D eigenvalue weighted by Gasteiger charge is -2.32. The third kappa shape index (κ3) is 5.98. The van der Waals surface area contributed by atoms with E-state index >= 15 is 0 Å². The molecule has 2 aromatic carbocycles. The summed E-state index contributed by atoms with van der Waals surface area (Å²) in [5.74, 6) is 0.333. The summed E-state index contributed by atoms with van der Waals surface area (Å²) < 4.78 is 5.97. The first-order valence-electron chi connectivity index (χ1n) is 9.39. The first-order valence-corrected chi connectivity index (χ1v) is 10.5. The minimum atomic E-state index is -0.608. The van der Waals surface area contributed by atoms with Gasteiger partial charge in [-0.15, -0.1) is 0 Å². The number of nitrogens with zero attached hydrogens (tertiary/aromatic N) is 2. The molecule has 1 amide bonds. The Bertz CT molecular complexity index is 934. The molecule has 0 unspecified atom stereocenters. The monoisotopic (exact) mass is 471 g/mol. The maximum absolute atomic E-state index is 12.2. The summed E-state index contributed by atoms with van der Waals surface area (Å²) in [4.78, 5) is 24.8. The Morgan fingerprint density at radius 3 is 2.47 bits per heavy atom. The zero-order valence-corrected chi connectivity index (χ0v) is 18.2. The fourth-order valence-corrected chi connectivity index (χ4v) is 3.69. The maximum atomic E-state index is 12.2. The molecule has 0 spiro atoms. The quantitative estimate of drug-likeness (QED) is 0.461. The van der Waals surface area contributed by atoms with Crippen LogP contribution in [0, 0.1) is 10.1 Å². The zero-order chi connectivity index (χ0) is 21.7. The van der Waals surface area contributed by atoms with Gasteiger partial charge in [0.25, 0.3) is 11.6 Å². The van der Waals surface area contributed by atoms with Gasteiger partial charge in [-0.1, -0.05) is 34.8 Å². The standard InChI is InChI=1S/C20H20Cl3N3O4/c21-16-4-2-15(12-18(16)23)30-14-5-8-25(9-6-14)10-7-24-20(27)13-1-3-17(22)19(11-13)26(28)29/h1-4,11-12,14H,5-10H2,(H,24,27). The second kappa shape index (κ2) is 10.3. The second-order valence-electron chi connectivity index (χ2n) is 6.91. The number of nitro benzene ring substituents is 1. The predicted molar refractivity (Wildman–Crippen MR) is 117 cm³/mol. The summed E-state index contributed by atoms with van der Waals surface area (Å²) >= 11 is 17.7. The van der Waals surface area contributed by atoms with Crippen LogP contribution in [0.3, 0.4) is 0 Å². The largest absolute Gasteiger partial charge is 0.490 e. The van der Waals surface area contributed by atoms with Gasteiger partial charge in [0, 0.05) is 43.9 Å². The number of rotatable bonds is 7. The molecule has 3 rings (SSSR count). The van der Waals surface area contributed by atoms with Crippen LogP contribution >= 0.6 is 34.8 Å². The average molecular weight is 473 g/mol. The van der Waals surface area contributed by atoms with E-state index in [-0.39, 0.29) is 28.3 Å². The summed E-state index contributed by atoms with van der Waals surface area (Å²) in [5, 5.41) is 14.7. The highest BCUT2D eigenvalue weighted by molar-refractivity contribution is 6.42. The molecule has 1 aliphatic heterocycles. The third-order valence-electron chi connectivity index (χ3n) is 4.85. The molecule has 0 saturated carbocycles. The van der Waals surface area contributed by atoms with Crippen LogP contribution in [0.25, 0.3) is 0 Å². The number of nitro groups is 1. The Morgan fingerprint density at radius 1 is 1.10 bits per heavy atom. The van der Waals surface area contributed by atoms with Gasteiger partial charge in [-0.3, -0.25) is 14.9 Å². The van der Waals surface area contributed by atoms with Crippen LogP contribution in [-0.2, 0) is 0 Å². The predicted octanol–water partition coefficient (Wildman–Crippen LogP) is 4.83. The number of hydrogen-bond donors (Lipinski definition) is 1. The van der Waals surface area contributed by atoms with Crippen LogP contribution in [-0.4, -0.2) is 48.0 Å². The van der Waals surface area contributed by atoms with Crippen molar-refractivity contribution >= 4 is 46.4 Å². The van der Waals surface area contributed by atoms with E-state index in [0.29, 0.717) is 28.9 Å². The molecule has 0 atom stereocenters. The van der Waals surface area contributed by atoms with Gasteiger partial charge in [0.05, 0.1) is 15.0 Å². The number of carbonyl (C=O) groups excluding carboxylic acids is 1. The smallest absolute Gasteiger partial charge is 0.288 e. The van der Waals surface area contributed by atoms with E-state index < -0.39 is 4.92 Å². The van der Waals surface area contributed by atoms with Crippen LogP contribution in [0.4, 0.5) is 5.69 Å². The molecule has 7 nitrogen and oxygen atoms in total. The number of carbonyl (C=O) groups is 1. The molecule has 0 radical (unpaired) electrons. The fourth-order valence-electron chi connectivity index (χ4n) is 3.22. The molecule has 1 heterocycles. The van der Waals surface area contributed by atoms with Crippen molar-refractivity contribution < 1.29 is 14.5 Å². The van der Waals surface area contributed by atoms with Crippen LogP contribution in [0.15, 0.2) is 36.4 Å². The number of halogens is 3. The Balaban J connectivity index is 1.41. The molecule has 1 fully saturated rings. The molecule has 2 aromatic rings. The minimum absolute atomic E-state index is 0.00233. The van der Waals surface area contributed by atoms with E-state index in [4.69, 9.17) is 39.5 Å². The highest BCUT2D eigenvalue weighted by atomic mass is 35.5. The maximum Gasteiger partial charge on any atom is 0.288 e. The van der Waals surface area contributed by atoms with Crippen molar-refractivity contribution in [3.8, 4) is 5.75 Å². The first kappa shape index (κ1) is 22.6. The van der Waals surface area contributed by atoms with E-state index in [1.165, 1.54) is 18.2 Å². The number of ether oxygens (including phenoxy) is 1. The lowest BCUT2D eigenvalue weighted by Crippen LogP contribution is -2.42. The molecule has 1 N–H and O–H groups in total. The van der Waals surface area contributed by atoms with Crippen LogP contribution in [0.1, 0.15) is 23.2 Å². The molecule has 10 heteroatoms. The second-order valence-corrected chi connectivity index (χ2v) is 8.14. The summed E-state index contributed by atoms with van der Waals surface area (Å²) in [6.07, 6.45) is 1.82. The summed E-state index contributed by atoms with van der Waals surface area (Å²) in [6.45, 7) is 2.80. The van der Waals surface area contributed by atoms with Crippen molar-refractivity contribution in [2.24, 2.45) is 0 Å². The van der Waals surface area contributed by atoms with E-state index in [1.54, 1.807) is 18.2 Å². The number of likely N-dealkylation sites (tertiary alicyclic amines) is 1. The first-order chi connectivity index (χ1) is 14.3. The van der Waals surface area contributed by atoms with Crippen molar-refractivity contribution in [3.05, 3.63) is 67.1 Å². The van der Waals surface area contributed by atoms with Gasteiger partial charge in [0.2, 0.25) is 0 Å². The van der Waals surface area contributed by atoms with Gasteiger partial charge in [0.1, 0.15) is 16.9 Å². The number of amides is 1. The summed E-state index contributed by atoms with van der Waals surface area (Å²) in [7, 11) is 0. The topological polar surface area (TPSA) is 84.7 Å². The normalized spacial score (nSPS) is 15.0. The van der Waals surface area contributed by atoms with Crippen molar-refractivity contribution in [3.63, 3.8) is 0 Å². The van der Waals surface area contributed by atoms with E-state index in [2.05, 4.69) is 10.2 Å². The molecule has 0 bridgehead atoms. The highest BCUT2D eigenvalue weighted by Crippen LogP contribution is 2.28. The Kier molecular flexibility index (Phi) is 7.77. The zero-order valence-electron chi connectivity index (χ0n) is 15.9. The van der Waals surface area contributed by atoms with E-state index in [0.717, 1.165) is 25.9 Å². The van der Waals surface area contributed by atoms with Crippen molar-refractivity contribution in [1.82, 2.24) is 10.2 Å². The van der Waals surface area contributed by atoms with Crippen molar-refractivity contribution in [2.45, 2.75) is 18.9 Å². The van der Waals surface area contributed by atoms with Gasteiger partial charge >= 0.3 is 0 Å². The molecule has 0 aliphatic carbocycles. The third-order valence-corrected chi connectivity index (χ3v) is 5.91. The Labute approximate surface area is 189 Å². The fraction of sp³-hybridized carbons (Fsp3) is 0.350. The van der Waals surface area contributed by atoms with Gasteiger partial charge < -0.3 is 15.0 Å². The van der Waals surface area contributed by atoms with Gasteiger partial charge in [-0.05, 0) is 37.1 Å². The number of nitrogens with one attached hydrogen (secondary N) is 1.